The molecule has 1 aromatic carbocycles. The van der Waals surface area contributed by atoms with Gasteiger partial charge in [-0.25, -0.2) is 18.1 Å². The van der Waals surface area contributed by atoms with Gasteiger partial charge < -0.3 is 5.73 Å². The summed E-state index contributed by atoms with van der Waals surface area (Å²) in [6, 6.07) is 4.87. The second-order valence-electron chi connectivity index (χ2n) is 4.06. The molecule has 106 valence electrons. The van der Waals surface area contributed by atoms with Crippen molar-refractivity contribution in [3.8, 4) is 0 Å². The molecule has 2 aromatic rings. The van der Waals surface area contributed by atoms with Gasteiger partial charge in [-0.2, -0.15) is 5.10 Å². The minimum Gasteiger partial charge on any atom is -0.326 e. The summed E-state index contributed by atoms with van der Waals surface area (Å²) in [5, 5.41) is 7.15. The van der Waals surface area contributed by atoms with Crippen LogP contribution in [-0.2, 0) is 23.0 Å². The van der Waals surface area contributed by atoms with E-state index >= 15 is 0 Å². The third kappa shape index (κ3) is 3.09. The molecule has 0 spiro atoms. The van der Waals surface area contributed by atoms with E-state index in [2.05, 4.69) is 19.9 Å². The van der Waals surface area contributed by atoms with E-state index in [0.29, 0.717) is 0 Å². The first-order chi connectivity index (χ1) is 9.56. The van der Waals surface area contributed by atoms with Crippen LogP contribution in [0.15, 0.2) is 35.5 Å². The van der Waals surface area contributed by atoms with Gasteiger partial charge in [0.2, 0.25) is 0 Å². The van der Waals surface area contributed by atoms with E-state index < -0.39 is 10.0 Å². The van der Waals surface area contributed by atoms with Gasteiger partial charge in [-0.05, 0) is 29.7 Å². The van der Waals surface area contributed by atoms with Crippen molar-refractivity contribution >= 4 is 16.0 Å². The predicted octanol–water partition coefficient (Wildman–Crippen LogP) is 0.694. The number of nitrogens with two attached hydrogens (primary N) is 1. The van der Waals surface area contributed by atoms with Gasteiger partial charge in [0.15, 0.2) is 0 Å². The standard InChI is InChI=1S/C12H15N5O2S/c1-2-9-3-4-11(7-10(9)8-13)20(18,19)17-12-14-5-6-15-16-12/h3-7H,2,8,13H2,1H3,(H,14,16,17). The molecule has 20 heavy (non-hydrogen) atoms. The molecule has 1 aromatic heterocycles. The molecular formula is C12H15N5O2S. The molecule has 0 aliphatic heterocycles. The lowest BCUT2D eigenvalue weighted by Gasteiger charge is -2.10. The smallest absolute Gasteiger partial charge is 0.264 e. The van der Waals surface area contributed by atoms with E-state index in [1.165, 1.54) is 18.5 Å². The lowest BCUT2D eigenvalue weighted by atomic mass is 10.1. The van der Waals surface area contributed by atoms with Crippen molar-refractivity contribution in [3.63, 3.8) is 0 Å². The Hall–Kier alpha value is -2.06. The molecule has 0 atom stereocenters. The molecule has 0 unspecified atom stereocenters. The lowest BCUT2D eigenvalue weighted by Crippen LogP contribution is -2.16. The highest BCUT2D eigenvalue weighted by Crippen LogP contribution is 2.18. The van der Waals surface area contributed by atoms with Crippen LogP contribution in [0.3, 0.4) is 0 Å². The number of anilines is 1. The Morgan fingerprint density at radius 3 is 2.65 bits per heavy atom. The van der Waals surface area contributed by atoms with Crippen molar-refractivity contribution in [2.45, 2.75) is 24.8 Å². The fourth-order valence-electron chi connectivity index (χ4n) is 1.78. The number of benzene rings is 1. The average molecular weight is 293 g/mol. The van der Waals surface area contributed by atoms with Gasteiger partial charge in [-0.3, -0.25) is 0 Å². The van der Waals surface area contributed by atoms with Crippen molar-refractivity contribution in [1.82, 2.24) is 15.2 Å². The maximum Gasteiger partial charge on any atom is 0.264 e. The number of hydrogen-bond donors (Lipinski definition) is 2. The molecule has 0 radical (unpaired) electrons. The van der Waals surface area contributed by atoms with Gasteiger partial charge in [0.25, 0.3) is 16.0 Å². The van der Waals surface area contributed by atoms with Crippen molar-refractivity contribution in [2.75, 3.05) is 4.72 Å². The number of sulfonamides is 1. The molecule has 0 aliphatic rings. The van der Waals surface area contributed by atoms with Crippen LogP contribution in [0.5, 0.6) is 0 Å². The molecule has 8 heteroatoms. The molecule has 0 saturated heterocycles. The van der Waals surface area contributed by atoms with Gasteiger partial charge >= 0.3 is 0 Å². The zero-order chi connectivity index (χ0) is 14.6. The van der Waals surface area contributed by atoms with Gasteiger partial charge in [0, 0.05) is 6.54 Å². The van der Waals surface area contributed by atoms with Crippen molar-refractivity contribution in [2.24, 2.45) is 5.73 Å². The summed E-state index contributed by atoms with van der Waals surface area (Å²) in [4.78, 5) is 3.90. The van der Waals surface area contributed by atoms with Crippen LogP contribution < -0.4 is 10.5 Å². The van der Waals surface area contributed by atoms with Crippen molar-refractivity contribution in [3.05, 3.63) is 41.7 Å². The monoisotopic (exact) mass is 293 g/mol. The van der Waals surface area contributed by atoms with Crippen molar-refractivity contribution in [1.29, 1.82) is 0 Å². The van der Waals surface area contributed by atoms with Crippen molar-refractivity contribution < 1.29 is 8.42 Å². The Morgan fingerprint density at radius 1 is 1.25 bits per heavy atom. The molecule has 0 amide bonds. The fourth-order valence-corrected chi connectivity index (χ4v) is 2.77. The number of rotatable bonds is 5. The van der Waals surface area contributed by atoms with E-state index in [9.17, 15) is 8.42 Å². The topological polar surface area (TPSA) is 111 Å². The highest BCUT2D eigenvalue weighted by Gasteiger charge is 2.17. The van der Waals surface area contributed by atoms with Crippen LogP contribution in [0.2, 0.25) is 0 Å². The summed E-state index contributed by atoms with van der Waals surface area (Å²) in [6.07, 6.45) is 3.52. The molecule has 3 N–H and O–H groups in total. The lowest BCUT2D eigenvalue weighted by molar-refractivity contribution is 0.600. The molecule has 2 rings (SSSR count). The summed E-state index contributed by atoms with van der Waals surface area (Å²) in [5.74, 6) is -0.0682. The number of aromatic nitrogens is 3. The fraction of sp³-hybridized carbons (Fsp3) is 0.250. The maximum absolute atomic E-state index is 12.2. The Balaban J connectivity index is 2.35. The second-order valence-corrected chi connectivity index (χ2v) is 5.74. The summed E-state index contributed by atoms with van der Waals surface area (Å²) >= 11 is 0. The third-order valence-corrected chi connectivity index (χ3v) is 4.12. The average Bonchev–Trinajstić information content (AvgIpc) is 2.47. The van der Waals surface area contributed by atoms with Gasteiger partial charge in [-0.1, -0.05) is 13.0 Å². The molecule has 0 aliphatic carbocycles. The van der Waals surface area contributed by atoms with Crippen LogP contribution >= 0.6 is 0 Å². The highest BCUT2D eigenvalue weighted by molar-refractivity contribution is 7.92. The van der Waals surface area contributed by atoms with E-state index in [1.54, 1.807) is 12.1 Å². The molecule has 1 heterocycles. The number of hydrogen-bond acceptors (Lipinski definition) is 6. The molecule has 0 bridgehead atoms. The van der Waals surface area contributed by atoms with Crippen LogP contribution in [0.25, 0.3) is 0 Å². The number of aryl methyl sites for hydroxylation is 1. The highest BCUT2D eigenvalue weighted by atomic mass is 32.2. The van der Waals surface area contributed by atoms with E-state index in [-0.39, 0.29) is 17.4 Å². The van der Waals surface area contributed by atoms with Gasteiger partial charge in [0.05, 0.1) is 17.3 Å². The third-order valence-electron chi connectivity index (χ3n) is 2.80. The Labute approximate surface area is 117 Å². The van der Waals surface area contributed by atoms with E-state index in [1.807, 2.05) is 6.92 Å². The number of nitrogens with zero attached hydrogens (tertiary/aromatic N) is 3. The van der Waals surface area contributed by atoms with Crippen LogP contribution in [0.1, 0.15) is 18.1 Å². The molecule has 0 saturated carbocycles. The van der Waals surface area contributed by atoms with Crippen LogP contribution in [0.4, 0.5) is 5.95 Å². The normalized spacial score (nSPS) is 11.3. The van der Waals surface area contributed by atoms with E-state index in [0.717, 1.165) is 17.5 Å². The Morgan fingerprint density at radius 2 is 2.05 bits per heavy atom. The minimum atomic E-state index is -3.74. The summed E-state index contributed by atoms with van der Waals surface area (Å²) in [6.45, 7) is 2.28. The van der Waals surface area contributed by atoms with E-state index in [4.69, 9.17) is 5.73 Å². The summed E-state index contributed by atoms with van der Waals surface area (Å²) in [5.41, 5.74) is 7.48. The van der Waals surface area contributed by atoms with Crippen LogP contribution in [-0.4, -0.2) is 23.6 Å². The summed E-state index contributed by atoms with van der Waals surface area (Å²) < 4.78 is 26.7. The van der Waals surface area contributed by atoms with Crippen LogP contribution in [0, 0.1) is 0 Å². The Bertz CT molecular complexity index is 688. The quantitative estimate of drug-likeness (QED) is 0.839. The molecule has 0 fully saturated rings. The molecular weight excluding hydrogens is 278 g/mol. The first kappa shape index (κ1) is 14.4. The molecule has 7 nitrogen and oxygen atoms in total. The maximum atomic E-state index is 12.2. The first-order valence-electron chi connectivity index (χ1n) is 6.05. The van der Waals surface area contributed by atoms with Gasteiger partial charge in [-0.15, -0.1) is 5.10 Å². The second kappa shape index (κ2) is 5.93. The Kier molecular flexibility index (Phi) is 4.26. The number of nitrogens with one attached hydrogen (secondary N) is 1. The zero-order valence-corrected chi connectivity index (χ0v) is 11.8. The SMILES string of the molecule is CCc1ccc(S(=O)(=O)Nc2nccnn2)cc1CN. The van der Waals surface area contributed by atoms with Gasteiger partial charge in [0.1, 0.15) is 0 Å². The summed E-state index contributed by atoms with van der Waals surface area (Å²) in [7, 11) is -3.74. The zero-order valence-electron chi connectivity index (χ0n) is 10.9. The predicted molar refractivity (Wildman–Crippen MR) is 74.3 cm³/mol. The largest absolute Gasteiger partial charge is 0.326 e. The minimum absolute atomic E-state index is 0.0682. The first-order valence-corrected chi connectivity index (χ1v) is 7.53.